The van der Waals surface area contributed by atoms with Gasteiger partial charge in [-0.05, 0) is 25.1 Å². The fraction of sp³-hybridized carbons (Fsp3) is 0.333. The third-order valence-corrected chi connectivity index (χ3v) is 3.09. The van der Waals surface area contributed by atoms with Crippen molar-refractivity contribution in [3.8, 4) is 5.75 Å². The number of furan rings is 1. The molecule has 2 aromatic rings. The molecule has 0 aliphatic carbocycles. The maximum absolute atomic E-state index is 9.94. The van der Waals surface area contributed by atoms with Gasteiger partial charge in [0.05, 0.1) is 13.4 Å². The summed E-state index contributed by atoms with van der Waals surface area (Å²) >= 11 is 0. The molecule has 0 aliphatic rings. The van der Waals surface area contributed by atoms with Crippen LogP contribution in [-0.4, -0.2) is 18.8 Å². The number of rotatable bonds is 6. The average Bonchev–Trinajstić information content (AvgIpc) is 2.98. The third kappa shape index (κ3) is 3.36. The molecule has 0 fully saturated rings. The first-order valence-corrected chi connectivity index (χ1v) is 6.30. The lowest BCUT2D eigenvalue weighted by molar-refractivity contribution is 0.144. The lowest BCUT2D eigenvalue weighted by Gasteiger charge is -2.18. The van der Waals surface area contributed by atoms with Gasteiger partial charge in [-0.2, -0.15) is 0 Å². The second-order valence-corrected chi connectivity index (χ2v) is 4.40. The van der Waals surface area contributed by atoms with Gasteiger partial charge in [0.1, 0.15) is 17.6 Å². The van der Waals surface area contributed by atoms with Crippen molar-refractivity contribution in [2.24, 2.45) is 0 Å². The Hall–Kier alpha value is -1.78. The highest BCUT2D eigenvalue weighted by molar-refractivity contribution is 5.35. The van der Waals surface area contributed by atoms with E-state index in [0.717, 1.165) is 11.3 Å². The first kappa shape index (κ1) is 13.6. The predicted molar refractivity (Wildman–Crippen MR) is 73.1 cm³/mol. The normalized spacial score (nSPS) is 14.1. The molecule has 0 saturated carbocycles. The van der Waals surface area contributed by atoms with E-state index in [0.29, 0.717) is 12.3 Å². The highest BCUT2D eigenvalue weighted by Gasteiger charge is 2.14. The van der Waals surface area contributed by atoms with Crippen LogP contribution in [0.3, 0.4) is 0 Å². The van der Waals surface area contributed by atoms with Crippen LogP contribution < -0.4 is 10.1 Å². The summed E-state index contributed by atoms with van der Waals surface area (Å²) in [4.78, 5) is 0. The lowest BCUT2D eigenvalue weighted by atomic mass is 10.1. The zero-order chi connectivity index (χ0) is 13.7. The van der Waals surface area contributed by atoms with Crippen LogP contribution in [0.4, 0.5) is 0 Å². The van der Waals surface area contributed by atoms with E-state index >= 15 is 0 Å². The molecule has 4 nitrogen and oxygen atoms in total. The molecule has 0 radical (unpaired) electrons. The van der Waals surface area contributed by atoms with E-state index in [2.05, 4.69) is 5.32 Å². The topological polar surface area (TPSA) is 54.6 Å². The Balaban J connectivity index is 1.96. The van der Waals surface area contributed by atoms with E-state index in [9.17, 15) is 5.11 Å². The van der Waals surface area contributed by atoms with Gasteiger partial charge in [-0.3, -0.25) is 0 Å². The van der Waals surface area contributed by atoms with Crippen molar-refractivity contribution in [2.75, 3.05) is 13.7 Å². The first-order chi connectivity index (χ1) is 9.22. The molecule has 2 rings (SSSR count). The van der Waals surface area contributed by atoms with Gasteiger partial charge in [-0.1, -0.05) is 18.2 Å². The van der Waals surface area contributed by atoms with E-state index < -0.39 is 6.10 Å². The molecule has 1 aromatic carbocycles. The van der Waals surface area contributed by atoms with Gasteiger partial charge in [-0.25, -0.2) is 0 Å². The standard InChI is InChI=1S/C15H19NO3/c1-11(12-6-3-4-7-14(12)18-2)16-10-13(17)15-8-5-9-19-15/h3-9,11,13,16-17H,10H2,1-2H3/t11-,13?/m0/s1. The fourth-order valence-corrected chi connectivity index (χ4v) is 2.00. The molecule has 2 atom stereocenters. The highest BCUT2D eigenvalue weighted by atomic mass is 16.5. The molecule has 19 heavy (non-hydrogen) atoms. The molecule has 0 amide bonds. The number of aliphatic hydroxyl groups is 1. The zero-order valence-electron chi connectivity index (χ0n) is 11.2. The van der Waals surface area contributed by atoms with Crippen molar-refractivity contribution in [3.63, 3.8) is 0 Å². The highest BCUT2D eigenvalue weighted by Crippen LogP contribution is 2.24. The third-order valence-electron chi connectivity index (χ3n) is 3.09. The SMILES string of the molecule is COc1ccccc1[C@H](C)NCC(O)c1ccco1. The molecular formula is C15H19NO3. The monoisotopic (exact) mass is 261 g/mol. The molecule has 0 aliphatic heterocycles. The zero-order valence-corrected chi connectivity index (χ0v) is 11.2. The second kappa shape index (κ2) is 6.41. The summed E-state index contributed by atoms with van der Waals surface area (Å²) in [6, 6.07) is 11.5. The number of benzene rings is 1. The molecule has 0 spiro atoms. The maximum atomic E-state index is 9.94. The summed E-state index contributed by atoms with van der Waals surface area (Å²) in [5.41, 5.74) is 1.07. The average molecular weight is 261 g/mol. The molecule has 1 aromatic heterocycles. The Kier molecular flexibility index (Phi) is 4.60. The smallest absolute Gasteiger partial charge is 0.133 e. The van der Waals surface area contributed by atoms with Crippen LogP contribution in [-0.2, 0) is 0 Å². The Morgan fingerprint density at radius 2 is 2.05 bits per heavy atom. The summed E-state index contributed by atoms with van der Waals surface area (Å²) in [6.45, 7) is 2.46. The minimum absolute atomic E-state index is 0.0840. The van der Waals surface area contributed by atoms with E-state index in [-0.39, 0.29) is 6.04 Å². The maximum Gasteiger partial charge on any atom is 0.133 e. The van der Waals surface area contributed by atoms with Crippen LogP contribution in [0, 0.1) is 0 Å². The van der Waals surface area contributed by atoms with Crippen molar-refractivity contribution < 1.29 is 14.3 Å². The van der Waals surface area contributed by atoms with Gasteiger partial charge < -0.3 is 19.6 Å². The van der Waals surface area contributed by atoms with Gasteiger partial charge in [-0.15, -0.1) is 0 Å². The Morgan fingerprint density at radius 1 is 1.26 bits per heavy atom. The second-order valence-electron chi connectivity index (χ2n) is 4.40. The van der Waals surface area contributed by atoms with Crippen molar-refractivity contribution in [2.45, 2.75) is 19.1 Å². The number of ether oxygens (including phenoxy) is 1. The van der Waals surface area contributed by atoms with Gasteiger partial charge >= 0.3 is 0 Å². The predicted octanol–water partition coefficient (Wildman–Crippen LogP) is 2.67. The van der Waals surface area contributed by atoms with Crippen molar-refractivity contribution in [1.82, 2.24) is 5.32 Å². The summed E-state index contributed by atoms with van der Waals surface area (Å²) in [7, 11) is 1.66. The van der Waals surface area contributed by atoms with E-state index in [1.165, 1.54) is 0 Å². The number of methoxy groups -OCH3 is 1. The minimum Gasteiger partial charge on any atom is -0.496 e. The largest absolute Gasteiger partial charge is 0.496 e. The van der Waals surface area contributed by atoms with Gasteiger partial charge in [0.2, 0.25) is 0 Å². The number of nitrogens with one attached hydrogen (secondary N) is 1. The van der Waals surface area contributed by atoms with Gasteiger partial charge in [0, 0.05) is 18.2 Å². The van der Waals surface area contributed by atoms with Crippen LogP contribution in [0.25, 0.3) is 0 Å². The van der Waals surface area contributed by atoms with Gasteiger partial charge in [0.15, 0.2) is 0 Å². The molecule has 0 bridgehead atoms. The fourth-order valence-electron chi connectivity index (χ4n) is 2.00. The Bertz CT molecular complexity index is 496. The molecule has 1 heterocycles. The molecule has 1 unspecified atom stereocenters. The number of hydrogen-bond donors (Lipinski definition) is 2. The number of aliphatic hydroxyl groups excluding tert-OH is 1. The van der Waals surface area contributed by atoms with Crippen molar-refractivity contribution in [3.05, 3.63) is 54.0 Å². The van der Waals surface area contributed by atoms with E-state index in [4.69, 9.17) is 9.15 Å². The molecule has 0 saturated heterocycles. The van der Waals surface area contributed by atoms with E-state index in [1.807, 2.05) is 31.2 Å². The molecule has 2 N–H and O–H groups in total. The number of hydrogen-bond acceptors (Lipinski definition) is 4. The van der Waals surface area contributed by atoms with E-state index in [1.54, 1.807) is 25.5 Å². The van der Waals surface area contributed by atoms with Crippen LogP contribution in [0.1, 0.15) is 30.4 Å². The van der Waals surface area contributed by atoms with Crippen molar-refractivity contribution >= 4 is 0 Å². The van der Waals surface area contributed by atoms with Crippen LogP contribution in [0.2, 0.25) is 0 Å². The lowest BCUT2D eigenvalue weighted by Crippen LogP contribution is -2.24. The molecule has 102 valence electrons. The Labute approximate surface area is 113 Å². The molecule has 4 heteroatoms. The quantitative estimate of drug-likeness (QED) is 0.839. The summed E-state index contributed by atoms with van der Waals surface area (Å²) in [5.74, 6) is 1.41. The summed E-state index contributed by atoms with van der Waals surface area (Å²) in [6.07, 6.45) is 0.912. The Morgan fingerprint density at radius 3 is 2.74 bits per heavy atom. The summed E-state index contributed by atoms with van der Waals surface area (Å²) in [5, 5.41) is 13.2. The number of para-hydroxylation sites is 1. The van der Waals surface area contributed by atoms with Crippen LogP contribution in [0.5, 0.6) is 5.75 Å². The van der Waals surface area contributed by atoms with Crippen LogP contribution >= 0.6 is 0 Å². The molecular weight excluding hydrogens is 242 g/mol. The van der Waals surface area contributed by atoms with Gasteiger partial charge in [0.25, 0.3) is 0 Å². The minimum atomic E-state index is -0.646. The van der Waals surface area contributed by atoms with Crippen molar-refractivity contribution in [1.29, 1.82) is 0 Å². The first-order valence-electron chi connectivity index (χ1n) is 6.30. The van der Waals surface area contributed by atoms with Crippen LogP contribution in [0.15, 0.2) is 47.1 Å². The summed E-state index contributed by atoms with van der Waals surface area (Å²) < 4.78 is 10.5.